The van der Waals surface area contributed by atoms with Gasteiger partial charge in [0, 0.05) is 28.4 Å². The summed E-state index contributed by atoms with van der Waals surface area (Å²) in [4.78, 5) is 27.2. The Kier molecular flexibility index (Phi) is 9.10. The topological polar surface area (TPSA) is 66.8 Å². The predicted molar refractivity (Wildman–Crippen MR) is 159 cm³/mol. The zero-order valence-electron chi connectivity index (χ0n) is 24.5. The van der Waals surface area contributed by atoms with Gasteiger partial charge in [-0.15, -0.1) is 11.3 Å². The number of rotatable bonds is 6. The summed E-state index contributed by atoms with van der Waals surface area (Å²) in [6.45, 7) is 8.02. The predicted octanol–water partition coefficient (Wildman–Crippen LogP) is 7.39. The van der Waals surface area contributed by atoms with Gasteiger partial charge >= 0.3 is 5.97 Å². The summed E-state index contributed by atoms with van der Waals surface area (Å²) in [6.07, 6.45) is 9.14. The van der Waals surface area contributed by atoms with E-state index in [-0.39, 0.29) is 17.4 Å². The van der Waals surface area contributed by atoms with Gasteiger partial charge in [0.1, 0.15) is 5.60 Å². The monoisotopic (exact) mass is 553 g/mol. The van der Waals surface area contributed by atoms with E-state index in [9.17, 15) is 9.59 Å². The number of benzene rings is 1. The average molecular weight is 554 g/mol. The van der Waals surface area contributed by atoms with Crippen LogP contribution in [-0.4, -0.2) is 30.4 Å². The summed E-state index contributed by atoms with van der Waals surface area (Å²) in [5.41, 5.74) is 1.59. The van der Waals surface area contributed by atoms with Crippen molar-refractivity contribution in [3.63, 3.8) is 0 Å². The van der Waals surface area contributed by atoms with Gasteiger partial charge in [-0.25, -0.2) is 0 Å². The van der Waals surface area contributed by atoms with Crippen molar-refractivity contribution < 1.29 is 19.0 Å². The molecule has 0 N–H and O–H groups in total. The molecule has 1 aliphatic carbocycles. The van der Waals surface area contributed by atoms with Gasteiger partial charge in [-0.05, 0) is 75.6 Å². The van der Waals surface area contributed by atoms with Crippen LogP contribution < -0.4 is 15.0 Å². The van der Waals surface area contributed by atoms with Crippen molar-refractivity contribution in [3.8, 4) is 22.6 Å². The second-order valence-corrected chi connectivity index (χ2v) is 13.2. The number of pyridine rings is 1. The van der Waals surface area contributed by atoms with Crippen LogP contribution in [0.25, 0.3) is 21.2 Å². The maximum atomic E-state index is 13.1. The van der Waals surface area contributed by atoms with Gasteiger partial charge in [-0.3, -0.25) is 9.59 Å². The highest BCUT2D eigenvalue weighted by Crippen LogP contribution is 2.39. The Balaban J connectivity index is 1.56. The Labute approximate surface area is 236 Å². The van der Waals surface area contributed by atoms with Gasteiger partial charge in [-0.2, -0.15) is 0 Å². The van der Waals surface area contributed by atoms with E-state index in [1.54, 1.807) is 30.1 Å². The van der Waals surface area contributed by atoms with Crippen molar-refractivity contribution in [2.45, 2.75) is 78.2 Å². The number of thiophene rings is 1. The second-order valence-electron chi connectivity index (χ2n) is 12.0. The number of carbonyl (C=O) groups excluding carboxylic acids is 1. The number of aryl methyl sites for hydroxylation is 1. The normalized spacial score (nSPS) is 20.6. The molecule has 212 valence electrons. The van der Waals surface area contributed by atoms with Crippen LogP contribution in [0.2, 0.25) is 0 Å². The number of nitrogens with zero attached hydrogens (tertiary/aromatic N) is 1. The first-order chi connectivity index (χ1) is 18.5. The van der Waals surface area contributed by atoms with E-state index in [0.717, 1.165) is 66.2 Å². The Morgan fingerprint density at radius 2 is 1.72 bits per heavy atom. The summed E-state index contributed by atoms with van der Waals surface area (Å²) in [7, 11) is 5.07. The molecule has 1 fully saturated rings. The smallest absolute Gasteiger partial charge is 0.309 e. The maximum Gasteiger partial charge on any atom is 0.309 e. The Morgan fingerprint density at radius 1 is 1.03 bits per heavy atom. The molecule has 2 heterocycles. The first kappa shape index (κ1) is 29.2. The largest absolute Gasteiger partial charge is 0.493 e. The van der Waals surface area contributed by atoms with E-state index in [0.29, 0.717) is 23.3 Å². The molecule has 0 bridgehead atoms. The van der Waals surface area contributed by atoms with Crippen LogP contribution in [0.15, 0.2) is 35.3 Å². The van der Waals surface area contributed by atoms with Crippen LogP contribution in [0.5, 0.6) is 11.5 Å². The van der Waals surface area contributed by atoms with E-state index in [1.807, 2.05) is 52.2 Å². The molecule has 7 heteroatoms. The molecule has 1 aromatic carbocycles. The van der Waals surface area contributed by atoms with Gasteiger partial charge < -0.3 is 18.8 Å². The third kappa shape index (κ3) is 6.86. The molecule has 0 spiro atoms. The fraction of sp³-hybridized carbons (Fsp3) is 0.562. The molecule has 1 aliphatic rings. The minimum Gasteiger partial charge on any atom is -0.493 e. The fourth-order valence-corrected chi connectivity index (χ4v) is 7.11. The third-order valence-electron chi connectivity index (χ3n) is 7.88. The van der Waals surface area contributed by atoms with E-state index >= 15 is 0 Å². The molecule has 0 amide bonds. The quantitative estimate of drug-likeness (QED) is 0.298. The van der Waals surface area contributed by atoms with Gasteiger partial charge in [0.05, 0.1) is 25.5 Å². The summed E-state index contributed by atoms with van der Waals surface area (Å²) in [6, 6.07) is 7.99. The molecular formula is C32H43NO5S. The summed E-state index contributed by atoms with van der Waals surface area (Å²) >= 11 is 1.73. The third-order valence-corrected chi connectivity index (χ3v) is 9.07. The van der Waals surface area contributed by atoms with Crippen molar-refractivity contribution in [2.75, 3.05) is 14.2 Å². The van der Waals surface area contributed by atoms with E-state index in [1.165, 1.54) is 4.88 Å². The number of esters is 1. The number of aromatic nitrogens is 1. The zero-order chi connectivity index (χ0) is 28.3. The minimum atomic E-state index is -0.453. The molecule has 39 heavy (non-hydrogen) atoms. The molecule has 6 nitrogen and oxygen atoms in total. The molecule has 1 saturated carbocycles. The molecule has 4 rings (SSSR count). The SMILES string of the molecule is COc1ccc(-c2cn(C)c(=O)c3cc(CC4CCCC(C(=O)OC(C)(C)C)[C@@H](C)CCC4)sc23)cc1OC. The van der Waals surface area contributed by atoms with Gasteiger partial charge in [0.15, 0.2) is 11.5 Å². The molecule has 0 saturated heterocycles. The van der Waals surface area contributed by atoms with Crippen LogP contribution in [0.3, 0.4) is 0 Å². The molecular weight excluding hydrogens is 510 g/mol. The highest BCUT2D eigenvalue weighted by molar-refractivity contribution is 7.19. The number of hydrogen-bond acceptors (Lipinski definition) is 6. The van der Waals surface area contributed by atoms with Crippen molar-refractivity contribution in [2.24, 2.45) is 24.8 Å². The van der Waals surface area contributed by atoms with Gasteiger partial charge in [0.2, 0.25) is 0 Å². The minimum absolute atomic E-state index is 0.0280. The summed E-state index contributed by atoms with van der Waals surface area (Å²) in [5.74, 6) is 2.14. The lowest BCUT2D eigenvalue weighted by molar-refractivity contribution is -0.162. The van der Waals surface area contributed by atoms with Crippen LogP contribution in [0, 0.1) is 17.8 Å². The van der Waals surface area contributed by atoms with Crippen LogP contribution in [0.1, 0.15) is 71.1 Å². The zero-order valence-corrected chi connectivity index (χ0v) is 25.3. The van der Waals surface area contributed by atoms with Crippen molar-refractivity contribution in [1.82, 2.24) is 4.57 Å². The van der Waals surface area contributed by atoms with Crippen molar-refractivity contribution in [3.05, 3.63) is 45.7 Å². The molecule has 3 aromatic rings. The molecule has 3 atom stereocenters. The molecule has 2 unspecified atom stereocenters. The number of methoxy groups -OCH3 is 2. The fourth-order valence-electron chi connectivity index (χ4n) is 5.81. The van der Waals surface area contributed by atoms with E-state index in [4.69, 9.17) is 14.2 Å². The highest BCUT2D eigenvalue weighted by Gasteiger charge is 2.30. The lowest BCUT2D eigenvalue weighted by Crippen LogP contribution is -2.31. The lowest BCUT2D eigenvalue weighted by atomic mass is 9.87. The van der Waals surface area contributed by atoms with Crippen LogP contribution in [0.4, 0.5) is 0 Å². The van der Waals surface area contributed by atoms with Gasteiger partial charge in [0.25, 0.3) is 5.56 Å². The standard InChI is InChI=1S/C32H43NO5S/c1-20-10-8-11-21(12-9-13-24(20)31(35)38-32(2,3)4)16-23-18-25-29(39-23)26(19-33(5)30(25)34)22-14-15-27(36-6)28(17-22)37-7/h14-15,17-21,24H,8-13,16H2,1-7H3/t20-,21?,24?/m0/s1. The first-order valence-corrected chi connectivity index (χ1v) is 14.9. The highest BCUT2D eigenvalue weighted by atomic mass is 32.1. The van der Waals surface area contributed by atoms with Crippen LogP contribution >= 0.6 is 11.3 Å². The Morgan fingerprint density at radius 3 is 2.38 bits per heavy atom. The van der Waals surface area contributed by atoms with Crippen molar-refractivity contribution >= 4 is 27.4 Å². The van der Waals surface area contributed by atoms with E-state index < -0.39 is 5.60 Å². The second kappa shape index (κ2) is 12.2. The lowest BCUT2D eigenvalue weighted by Gasteiger charge is -2.27. The number of fused-ring (bicyclic) bond motifs is 1. The summed E-state index contributed by atoms with van der Waals surface area (Å²) in [5, 5.41) is 0.770. The maximum absolute atomic E-state index is 13.1. The van der Waals surface area contributed by atoms with E-state index in [2.05, 4.69) is 13.0 Å². The molecule has 0 aliphatic heterocycles. The summed E-state index contributed by atoms with van der Waals surface area (Å²) < 4.78 is 19.4. The average Bonchev–Trinajstić information content (AvgIpc) is 3.33. The molecule has 0 radical (unpaired) electrons. The molecule has 2 aromatic heterocycles. The van der Waals surface area contributed by atoms with Crippen LogP contribution in [-0.2, 0) is 23.0 Å². The first-order valence-electron chi connectivity index (χ1n) is 14.1. The van der Waals surface area contributed by atoms with Crippen molar-refractivity contribution in [1.29, 1.82) is 0 Å². The number of hydrogen-bond donors (Lipinski definition) is 0. The number of ether oxygens (including phenoxy) is 3. The Hall–Kier alpha value is -2.80. The van der Waals surface area contributed by atoms with Gasteiger partial charge in [-0.1, -0.05) is 38.7 Å². The Bertz CT molecular complexity index is 1370. The number of carbonyl (C=O) groups is 1.